The Morgan fingerprint density at radius 2 is 2.15 bits per heavy atom. The lowest BCUT2D eigenvalue weighted by Gasteiger charge is -2.14. The van der Waals surface area contributed by atoms with E-state index < -0.39 is 0 Å². The lowest BCUT2D eigenvalue weighted by molar-refractivity contribution is 0.600. The van der Waals surface area contributed by atoms with Gasteiger partial charge in [-0.05, 0) is 25.7 Å². The highest BCUT2D eigenvalue weighted by Gasteiger charge is 2.16. The van der Waals surface area contributed by atoms with E-state index in [0.29, 0.717) is 0 Å². The summed E-state index contributed by atoms with van der Waals surface area (Å²) in [4.78, 5) is 0. The fourth-order valence-electron chi connectivity index (χ4n) is 1.19. The minimum atomic E-state index is 0.245. The lowest BCUT2D eigenvalue weighted by Crippen LogP contribution is -2.07. The van der Waals surface area contributed by atoms with Gasteiger partial charge in [-0.25, -0.2) is 4.52 Å². The average molecular weight is 192 g/mol. The lowest BCUT2D eigenvalue weighted by atomic mass is 9.96. The molecule has 0 saturated heterocycles. The molecule has 0 atom stereocenters. The van der Waals surface area contributed by atoms with Crippen LogP contribution in [0, 0.1) is 0 Å². The summed E-state index contributed by atoms with van der Waals surface area (Å²) in [5.41, 5.74) is 0.245. The second-order valence-corrected chi connectivity index (χ2v) is 5.37. The third-order valence-corrected chi connectivity index (χ3v) is 3.62. The van der Waals surface area contributed by atoms with Crippen LogP contribution in [0.2, 0.25) is 0 Å². The van der Waals surface area contributed by atoms with Gasteiger partial charge in [0.15, 0.2) is 0 Å². The van der Waals surface area contributed by atoms with Crippen molar-refractivity contribution in [2.45, 2.75) is 26.2 Å². The van der Waals surface area contributed by atoms with Crippen molar-refractivity contribution in [2.75, 3.05) is 0 Å². The monoisotopic (exact) mass is 192 g/mol. The zero-order valence-corrected chi connectivity index (χ0v) is 9.05. The minimum absolute atomic E-state index is 0.245. The van der Waals surface area contributed by atoms with E-state index in [2.05, 4.69) is 38.1 Å². The minimum Gasteiger partial charge on any atom is -0.236 e. The van der Waals surface area contributed by atoms with Gasteiger partial charge in [0.05, 0.1) is 5.25 Å². The Morgan fingerprint density at radius 1 is 1.38 bits per heavy atom. The first-order chi connectivity index (χ1) is 6.07. The van der Waals surface area contributed by atoms with Crippen LogP contribution < -0.4 is 0 Å². The normalized spacial score (nSPS) is 12.8. The van der Waals surface area contributed by atoms with Gasteiger partial charge in [-0.1, -0.05) is 20.8 Å². The van der Waals surface area contributed by atoms with Crippen molar-refractivity contribution < 1.29 is 0 Å². The predicted molar refractivity (Wildman–Crippen MR) is 56.4 cm³/mol. The van der Waals surface area contributed by atoms with Crippen molar-refractivity contribution in [3.63, 3.8) is 0 Å². The molecule has 0 bridgehead atoms. The van der Waals surface area contributed by atoms with Crippen LogP contribution in [0.5, 0.6) is 0 Å². The number of nitrogens with zero attached hydrogens (tertiary/aromatic N) is 2. The fraction of sp³-hybridized carbons (Fsp3) is 0.400. The molecule has 0 N–H and O–H groups in total. The Balaban J connectivity index is 2.63. The molecule has 2 aromatic heterocycles. The highest BCUT2D eigenvalue weighted by molar-refractivity contribution is 7.36. The van der Waals surface area contributed by atoms with Gasteiger partial charge >= 0.3 is 0 Å². The first-order valence-electron chi connectivity index (χ1n) is 4.38. The number of fused-ring (bicyclic) bond motifs is 1. The van der Waals surface area contributed by atoms with Gasteiger partial charge in [-0.2, -0.15) is 5.10 Å². The second kappa shape index (κ2) is 2.81. The SMILES string of the molecule is CC(C)(C)c1cn2ncccc2p1. The number of hydrogen-bond donors (Lipinski definition) is 0. The molecule has 0 fully saturated rings. The van der Waals surface area contributed by atoms with E-state index in [-0.39, 0.29) is 5.41 Å². The Bertz CT molecular complexity index is 393. The number of hydrogen-bond acceptors (Lipinski definition) is 1. The summed E-state index contributed by atoms with van der Waals surface area (Å²) in [5.74, 6) is 0. The molecule has 0 unspecified atom stereocenters. The molecule has 2 heterocycles. The van der Waals surface area contributed by atoms with Crippen LogP contribution in [0.4, 0.5) is 0 Å². The molecule has 13 heavy (non-hydrogen) atoms. The van der Waals surface area contributed by atoms with Crippen LogP contribution >= 0.6 is 8.19 Å². The first-order valence-corrected chi connectivity index (χ1v) is 5.28. The summed E-state index contributed by atoms with van der Waals surface area (Å²) in [7, 11) is 1.29. The Labute approximate surface area is 79.7 Å². The Morgan fingerprint density at radius 3 is 2.77 bits per heavy atom. The highest BCUT2D eigenvalue weighted by atomic mass is 31.0. The molecular weight excluding hydrogens is 179 g/mol. The largest absolute Gasteiger partial charge is 0.236 e. The summed E-state index contributed by atoms with van der Waals surface area (Å²) in [6, 6.07) is 4.10. The highest BCUT2D eigenvalue weighted by Crippen LogP contribution is 2.32. The van der Waals surface area contributed by atoms with Crippen LogP contribution in [0.15, 0.2) is 24.5 Å². The summed E-state index contributed by atoms with van der Waals surface area (Å²) >= 11 is 0. The van der Waals surface area contributed by atoms with Crippen molar-refractivity contribution in [3.05, 3.63) is 29.8 Å². The maximum absolute atomic E-state index is 4.26. The van der Waals surface area contributed by atoms with Gasteiger partial charge in [0.1, 0.15) is 0 Å². The maximum Gasteiger partial charge on any atom is 0.0916 e. The molecule has 2 aromatic rings. The zero-order valence-electron chi connectivity index (χ0n) is 8.15. The number of aromatic nitrogens is 2. The van der Waals surface area contributed by atoms with Gasteiger partial charge in [0.25, 0.3) is 0 Å². The van der Waals surface area contributed by atoms with Crippen molar-refractivity contribution in [3.8, 4) is 0 Å². The maximum atomic E-state index is 4.26. The van der Waals surface area contributed by atoms with Crippen LogP contribution in [-0.2, 0) is 5.41 Å². The molecule has 0 aliphatic rings. The molecule has 68 valence electrons. The van der Waals surface area contributed by atoms with Crippen LogP contribution in [-0.4, -0.2) is 9.61 Å². The average Bonchev–Trinajstić information content (AvgIpc) is 2.45. The number of rotatable bonds is 0. The molecule has 0 amide bonds. The molecule has 0 aromatic carbocycles. The predicted octanol–water partition coefficient (Wildman–Crippen LogP) is 3.21. The smallest absolute Gasteiger partial charge is 0.0916 e. The Hall–Kier alpha value is -0.880. The quantitative estimate of drug-likeness (QED) is 0.626. The van der Waals surface area contributed by atoms with Gasteiger partial charge in [0, 0.05) is 17.7 Å². The summed E-state index contributed by atoms with van der Waals surface area (Å²) in [6.45, 7) is 6.70. The summed E-state index contributed by atoms with van der Waals surface area (Å²) in [5, 5.41) is 6.94. The molecule has 0 spiro atoms. The third-order valence-electron chi connectivity index (χ3n) is 2.01. The topological polar surface area (TPSA) is 17.3 Å². The van der Waals surface area contributed by atoms with Crippen LogP contribution in [0.1, 0.15) is 26.1 Å². The summed E-state index contributed by atoms with van der Waals surface area (Å²) in [6.07, 6.45) is 3.96. The molecule has 0 radical (unpaired) electrons. The molecular formula is C10H13N2P. The van der Waals surface area contributed by atoms with E-state index in [4.69, 9.17) is 0 Å². The molecule has 3 heteroatoms. The van der Waals surface area contributed by atoms with Gasteiger partial charge in [0.2, 0.25) is 0 Å². The Kier molecular flexibility index (Phi) is 1.88. The second-order valence-electron chi connectivity index (χ2n) is 4.20. The van der Waals surface area contributed by atoms with Gasteiger partial charge in [-0.3, -0.25) is 0 Å². The standard InChI is InChI=1S/C10H13N2P/c1-10(2,3)8-7-12-9(13-8)5-4-6-11-12/h4-7H,1-3H3. The van der Waals surface area contributed by atoms with E-state index >= 15 is 0 Å². The molecule has 0 saturated carbocycles. The van der Waals surface area contributed by atoms with E-state index in [0.717, 1.165) is 0 Å². The van der Waals surface area contributed by atoms with E-state index in [1.54, 1.807) is 0 Å². The summed E-state index contributed by atoms with van der Waals surface area (Å²) < 4.78 is 1.96. The molecule has 0 aliphatic heterocycles. The molecule has 0 aliphatic carbocycles. The van der Waals surface area contributed by atoms with E-state index in [1.165, 1.54) is 18.7 Å². The van der Waals surface area contributed by atoms with E-state index in [9.17, 15) is 0 Å². The van der Waals surface area contributed by atoms with Crippen molar-refractivity contribution in [1.82, 2.24) is 9.61 Å². The molecule has 2 rings (SSSR count). The fourth-order valence-corrected chi connectivity index (χ4v) is 2.31. The zero-order chi connectivity index (χ0) is 9.47. The van der Waals surface area contributed by atoms with Crippen LogP contribution in [0.3, 0.4) is 0 Å². The van der Waals surface area contributed by atoms with E-state index in [1.807, 2.05) is 16.8 Å². The van der Waals surface area contributed by atoms with Crippen molar-refractivity contribution in [1.29, 1.82) is 0 Å². The first kappa shape index (κ1) is 8.71. The molecule has 2 nitrogen and oxygen atoms in total. The van der Waals surface area contributed by atoms with Crippen molar-refractivity contribution >= 4 is 13.4 Å². The van der Waals surface area contributed by atoms with Gasteiger partial charge < -0.3 is 0 Å². The van der Waals surface area contributed by atoms with Gasteiger partial charge in [-0.15, -0.1) is 0 Å². The third kappa shape index (κ3) is 1.59. The van der Waals surface area contributed by atoms with Crippen LogP contribution in [0.25, 0.3) is 5.25 Å². The van der Waals surface area contributed by atoms with Crippen molar-refractivity contribution in [2.24, 2.45) is 0 Å².